The van der Waals surface area contributed by atoms with Gasteiger partial charge in [0.2, 0.25) is 11.8 Å². The molecule has 0 atom stereocenters. The summed E-state index contributed by atoms with van der Waals surface area (Å²) in [5.74, 6) is -2.10. The smallest absolute Gasteiger partial charge is 0.550 e. The molecule has 2 amide bonds. The van der Waals surface area contributed by atoms with E-state index < -0.39 is 11.9 Å². The summed E-state index contributed by atoms with van der Waals surface area (Å²) in [6.45, 7) is 4.17. The standard InChI is InChI=1S/2C8H15NO3.Zn/c2*1-7(10)9-6-4-2-3-5-8(11)12;/h2*2-6H2,1H3,(H,9,10)(H,11,12);/q;;+2/p-2. The quantitative estimate of drug-likeness (QED) is 0.309. The fourth-order valence-electron chi connectivity index (χ4n) is 1.67. The molecule has 0 aliphatic heterocycles. The zero-order valence-corrected chi connectivity index (χ0v) is 18.2. The summed E-state index contributed by atoms with van der Waals surface area (Å²) in [6, 6.07) is 0. The molecule has 0 spiro atoms. The van der Waals surface area contributed by atoms with Crippen LogP contribution in [0.3, 0.4) is 0 Å². The van der Waals surface area contributed by atoms with Crippen LogP contribution in [0.2, 0.25) is 0 Å². The maximum atomic E-state index is 10.4. The second kappa shape index (κ2) is 20.5. The second-order valence-electron chi connectivity index (χ2n) is 5.33. The predicted octanol–water partition coefficient (Wildman–Crippen LogP) is -1.14. The molecule has 0 aromatic carbocycles. The second-order valence-corrected chi connectivity index (χ2v) is 5.33. The molecule has 0 aliphatic carbocycles. The van der Waals surface area contributed by atoms with E-state index in [1.807, 2.05) is 0 Å². The van der Waals surface area contributed by atoms with Gasteiger partial charge < -0.3 is 30.4 Å². The van der Waals surface area contributed by atoms with Crippen molar-refractivity contribution >= 4 is 23.8 Å². The molecule has 0 bridgehead atoms. The molecule has 0 heterocycles. The molecule has 2 N–H and O–H groups in total. The Labute approximate surface area is 161 Å². The van der Waals surface area contributed by atoms with Crippen LogP contribution in [0.4, 0.5) is 0 Å². The van der Waals surface area contributed by atoms with Gasteiger partial charge in [0.25, 0.3) is 0 Å². The van der Waals surface area contributed by atoms with Gasteiger partial charge in [-0.15, -0.1) is 0 Å². The SMILES string of the molecule is CC(=O)NCCCCCC(=O)[O-].CC(=O)NCCCCCC(=O)[O-].[Zn+2]. The minimum atomic E-state index is -1.01. The Morgan fingerprint density at radius 3 is 1.20 bits per heavy atom. The first-order chi connectivity index (χ1) is 11.3. The Balaban J connectivity index is -0.000000372. The molecule has 0 fully saturated rings. The molecule has 9 heteroatoms. The van der Waals surface area contributed by atoms with Crippen molar-refractivity contribution in [3.8, 4) is 0 Å². The average Bonchev–Trinajstić information content (AvgIpc) is 2.46. The monoisotopic (exact) mass is 408 g/mol. The number of rotatable bonds is 12. The topological polar surface area (TPSA) is 138 Å². The van der Waals surface area contributed by atoms with Crippen LogP contribution in [0.5, 0.6) is 0 Å². The van der Waals surface area contributed by atoms with E-state index in [2.05, 4.69) is 10.6 Å². The Morgan fingerprint density at radius 2 is 0.960 bits per heavy atom. The first-order valence-corrected chi connectivity index (χ1v) is 8.14. The van der Waals surface area contributed by atoms with E-state index in [-0.39, 0.29) is 44.1 Å². The average molecular weight is 410 g/mol. The molecule has 8 nitrogen and oxygen atoms in total. The van der Waals surface area contributed by atoms with Crippen LogP contribution < -0.4 is 20.8 Å². The summed E-state index contributed by atoms with van der Waals surface area (Å²) in [7, 11) is 0. The molecule has 0 aliphatic rings. The van der Waals surface area contributed by atoms with Crippen LogP contribution in [-0.2, 0) is 38.7 Å². The van der Waals surface area contributed by atoms with E-state index in [9.17, 15) is 29.4 Å². The van der Waals surface area contributed by atoms with Gasteiger partial charge in [-0.3, -0.25) is 9.59 Å². The zero-order valence-electron chi connectivity index (χ0n) is 15.2. The molecular weight excluding hydrogens is 382 g/mol. The minimum absolute atomic E-state index is 0. The minimum Gasteiger partial charge on any atom is -0.550 e. The van der Waals surface area contributed by atoms with E-state index in [0.29, 0.717) is 25.9 Å². The van der Waals surface area contributed by atoms with E-state index in [1.165, 1.54) is 13.8 Å². The Kier molecular flexibility index (Phi) is 23.3. The van der Waals surface area contributed by atoms with Crippen LogP contribution >= 0.6 is 0 Å². The summed E-state index contributed by atoms with van der Waals surface area (Å²) in [5.41, 5.74) is 0. The van der Waals surface area contributed by atoms with Crippen LogP contribution in [-0.4, -0.2) is 36.8 Å². The van der Waals surface area contributed by atoms with Gasteiger partial charge in [0.15, 0.2) is 0 Å². The fourth-order valence-corrected chi connectivity index (χ4v) is 1.67. The molecule has 0 rings (SSSR count). The van der Waals surface area contributed by atoms with E-state index in [0.717, 1.165) is 25.7 Å². The van der Waals surface area contributed by atoms with Gasteiger partial charge in [0.05, 0.1) is 0 Å². The third-order valence-corrected chi connectivity index (χ3v) is 2.86. The fraction of sp³-hybridized carbons (Fsp3) is 0.750. The maximum absolute atomic E-state index is 10.4. The Bertz CT molecular complexity index is 319. The predicted molar refractivity (Wildman–Crippen MR) is 84.3 cm³/mol. The summed E-state index contributed by atoms with van der Waals surface area (Å²) >= 11 is 0. The number of aliphatic carboxylic acids is 2. The number of carboxylic acids is 2. The van der Waals surface area contributed by atoms with Crippen molar-refractivity contribution in [2.45, 2.75) is 65.2 Å². The summed E-state index contributed by atoms with van der Waals surface area (Å²) in [5, 5.41) is 25.2. The third kappa shape index (κ3) is 34.7. The van der Waals surface area contributed by atoms with Crippen LogP contribution in [0.25, 0.3) is 0 Å². The molecule has 0 radical (unpaired) electrons. The van der Waals surface area contributed by atoms with E-state index in [4.69, 9.17) is 0 Å². The number of unbranched alkanes of at least 4 members (excludes halogenated alkanes) is 4. The van der Waals surface area contributed by atoms with Crippen LogP contribution in [0, 0.1) is 0 Å². The van der Waals surface area contributed by atoms with Crippen molar-refractivity contribution in [3.63, 3.8) is 0 Å². The number of amides is 2. The molecular formula is C16H28N2O6Zn. The molecule has 0 unspecified atom stereocenters. The van der Waals surface area contributed by atoms with Crippen molar-refractivity contribution in [3.05, 3.63) is 0 Å². The molecule has 0 saturated heterocycles. The van der Waals surface area contributed by atoms with Gasteiger partial charge in [-0.1, -0.05) is 12.8 Å². The van der Waals surface area contributed by atoms with Gasteiger partial charge in [-0.25, -0.2) is 0 Å². The van der Waals surface area contributed by atoms with Gasteiger partial charge in [0, 0.05) is 38.9 Å². The van der Waals surface area contributed by atoms with Gasteiger partial charge in [0.1, 0.15) is 0 Å². The van der Waals surface area contributed by atoms with Crippen LogP contribution in [0.1, 0.15) is 65.2 Å². The van der Waals surface area contributed by atoms with Crippen molar-refractivity contribution in [1.82, 2.24) is 10.6 Å². The Hall–Kier alpha value is -1.50. The molecule has 25 heavy (non-hydrogen) atoms. The number of carbonyl (C=O) groups is 4. The number of carboxylic acid groups (broad SMARTS) is 2. The summed E-state index contributed by atoms with van der Waals surface area (Å²) < 4.78 is 0. The van der Waals surface area contributed by atoms with Gasteiger partial charge in [-0.2, -0.15) is 0 Å². The first-order valence-electron chi connectivity index (χ1n) is 8.14. The first kappa shape index (κ1) is 28.3. The number of nitrogens with one attached hydrogen (secondary N) is 2. The largest absolute Gasteiger partial charge is 2.00 e. The number of hydrogen-bond acceptors (Lipinski definition) is 6. The molecule has 0 aromatic heterocycles. The zero-order chi connectivity index (χ0) is 18.8. The van der Waals surface area contributed by atoms with Crippen molar-refractivity contribution < 1.29 is 48.9 Å². The molecule has 0 aromatic rings. The van der Waals surface area contributed by atoms with Crippen molar-refractivity contribution in [1.29, 1.82) is 0 Å². The van der Waals surface area contributed by atoms with E-state index >= 15 is 0 Å². The summed E-state index contributed by atoms with van der Waals surface area (Å²) in [4.78, 5) is 40.7. The normalized spacial score (nSPS) is 9.04. The molecule has 140 valence electrons. The number of hydrogen-bond donors (Lipinski definition) is 2. The van der Waals surface area contributed by atoms with E-state index in [1.54, 1.807) is 0 Å². The Morgan fingerprint density at radius 1 is 0.640 bits per heavy atom. The maximum Gasteiger partial charge on any atom is 2.00 e. The van der Waals surface area contributed by atoms with Gasteiger partial charge >= 0.3 is 19.5 Å². The summed E-state index contributed by atoms with van der Waals surface area (Å²) in [6.07, 6.45) is 4.76. The third-order valence-electron chi connectivity index (χ3n) is 2.86. The number of carbonyl (C=O) groups excluding carboxylic acids is 4. The van der Waals surface area contributed by atoms with Crippen molar-refractivity contribution in [2.24, 2.45) is 0 Å². The van der Waals surface area contributed by atoms with Gasteiger partial charge in [-0.05, 0) is 38.5 Å². The van der Waals surface area contributed by atoms with Crippen LogP contribution in [0.15, 0.2) is 0 Å². The molecule has 0 saturated carbocycles. The van der Waals surface area contributed by atoms with Crippen molar-refractivity contribution in [2.75, 3.05) is 13.1 Å².